The highest BCUT2D eigenvalue weighted by molar-refractivity contribution is 7.98. The first-order chi connectivity index (χ1) is 7.59. The molecule has 2 heteroatoms. The van der Waals surface area contributed by atoms with E-state index in [1.165, 1.54) is 29.8 Å². The largest absolute Gasteiger partial charge is 0.382 e. The maximum Gasteiger partial charge on any atom is 0.0353 e. The van der Waals surface area contributed by atoms with Gasteiger partial charge >= 0.3 is 0 Å². The zero-order valence-electron chi connectivity index (χ0n) is 10.4. The Hall–Kier alpha value is -0.630. The Balaban J connectivity index is 1.99. The summed E-state index contributed by atoms with van der Waals surface area (Å²) in [5, 5.41) is 3.66. The van der Waals surface area contributed by atoms with Gasteiger partial charge in [-0.2, -0.15) is 0 Å². The molecule has 16 heavy (non-hydrogen) atoms. The second-order valence-corrected chi connectivity index (χ2v) is 6.36. The Morgan fingerprint density at radius 1 is 1.38 bits per heavy atom. The van der Waals surface area contributed by atoms with Crippen LogP contribution in [0.25, 0.3) is 0 Å². The molecule has 1 saturated carbocycles. The molecule has 0 bridgehead atoms. The van der Waals surface area contributed by atoms with Crippen molar-refractivity contribution in [2.45, 2.75) is 44.0 Å². The van der Waals surface area contributed by atoms with Crippen molar-refractivity contribution < 1.29 is 0 Å². The first-order valence-electron chi connectivity index (χ1n) is 6.00. The van der Waals surface area contributed by atoms with Gasteiger partial charge in [-0.1, -0.05) is 19.9 Å². The third-order valence-electron chi connectivity index (χ3n) is 3.41. The number of thioether (sulfide) groups is 1. The van der Waals surface area contributed by atoms with Gasteiger partial charge in [-0.05, 0) is 49.1 Å². The molecule has 1 N–H and O–H groups in total. The zero-order chi connectivity index (χ0) is 11.6. The van der Waals surface area contributed by atoms with Crippen molar-refractivity contribution in [3.8, 4) is 0 Å². The molecule has 1 unspecified atom stereocenters. The van der Waals surface area contributed by atoms with Gasteiger partial charge in [0, 0.05) is 16.6 Å². The molecule has 1 aromatic carbocycles. The Morgan fingerprint density at radius 3 is 2.81 bits per heavy atom. The molecule has 0 heterocycles. The Labute approximate surface area is 103 Å². The lowest BCUT2D eigenvalue weighted by Gasteiger charge is -2.18. The van der Waals surface area contributed by atoms with Crippen molar-refractivity contribution in [1.29, 1.82) is 0 Å². The van der Waals surface area contributed by atoms with Crippen molar-refractivity contribution in [2.24, 2.45) is 5.41 Å². The highest BCUT2D eigenvalue weighted by Crippen LogP contribution is 2.38. The standard InChI is InChI=1S/C14H21NS/c1-14(2)8-7-12(10-14)15-11-5-4-6-13(9-11)16-3/h4-6,9,12,15H,7-8,10H2,1-3H3. The summed E-state index contributed by atoms with van der Waals surface area (Å²) in [4.78, 5) is 1.34. The quantitative estimate of drug-likeness (QED) is 0.779. The maximum absolute atomic E-state index is 3.66. The lowest BCUT2D eigenvalue weighted by molar-refractivity contribution is 0.378. The first-order valence-corrected chi connectivity index (χ1v) is 7.22. The molecule has 1 aliphatic rings. The maximum atomic E-state index is 3.66. The van der Waals surface area contributed by atoms with E-state index in [-0.39, 0.29) is 0 Å². The Bertz CT molecular complexity index is 360. The average molecular weight is 235 g/mol. The monoisotopic (exact) mass is 235 g/mol. The Morgan fingerprint density at radius 2 is 2.19 bits per heavy atom. The second kappa shape index (κ2) is 4.70. The summed E-state index contributed by atoms with van der Waals surface area (Å²) in [5.41, 5.74) is 1.80. The molecule has 1 nitrogen and oxygen atoms in total. The van der Waals surface area contributed by atoms with E-state index in [0.717, 1.165) is 0 Å². The molecule has 1 atom stereocenters. The molecular weight excluding hydrogens is 214 g/mol. The van der Waals surface area contributed by atoms with Crippen LogP contribution in [0.4, 0.5) is 5.69 Å². The van der Waals surface area contributed by atoms with E-state index in [2.05, 4.69) is 49.7 Å². The summed E-state index contributed by atoms with van der Waals surface area (Å²) in [6.07, 6.45) is 6.05. The van der Waals surface area contributed by atoms with Crippen LogP contribution in [0.3, 0.4) is 0 Å². The fourth-order valence-corrected chi connectivity index (χ4v) is 2.97. The van der Waals surface area contributed by atoms with Crippen LogP contribution >= 0.6 is 11.8 Å². The van der Waals surface area contributed by atoms with Crippen LogP contribution in [0.2, 0.25) is 0 Å². The van der Waals surface area contributed by atoms with Crippen LogP contribution in [-0.4, -0.2) is 12.3 Å². The van der Waals surface area contributed by atoms with E-state index in [0.29, 0.717) is 11.5 Å². The number of nitrogens with one attached hydrogen (secondary N) is 1. The topological polar surface area (TPSA) is 12.0 Å². The summed E-state index contributed by atoms with van der Waals surface area (Å²) in [6.45, 7) is 4.74. The van der Waals surface area contributed by atoms with Crippen molar-refractivity contribution in [3.63, 3.8) is 0 Å². The van der Waals surface area contributed by atoms with Gasteiger partial charge in [0.25, 0.3) is 0 Å². The molecule has 1 aliphatic carbocycles. The molecular formula is C14H21NS. The number of benzene rings is 1. The molecule has 1 aromatic rings. The molecule has 1 fully saturated rings. The number of hydrogen-bond donors (Lipinski definition) is 1. The second-order valence-electron chi connectivity index (χ2n) is 5.48. The van der Waals surface area contributed by atoms with Crippen LogP contribution in [0.1, 0.15) is 33.1 Å². The normalized spacial score (nSPS) is 23.3. The van der Waals surface area contributed by atoms with Gasteiger partial charge in [0.05, 0.1) is 0 Å². The first kappa shape index (κ1) is 11.8. The molecule has 0 radical (unpaired) electrons. The smallest absolute Gasteiger partial charge is 0.0353 e. The van der Waals surface area contributed by atoms with Gasteiger partial charge in [-0.25, -0.2) is 0 Å². The third-order valence-corrected chi connectivity index (χ3v) is 4.13. The molecule has 0 aliphatic heterocycles. The van der Waals surface area contributed by atoms with E-state index < -0.39 is 0 Å². The minimum absolute atomic E-state index is 0.523. The lowest BCUT2D eigenvalue weighted by atomic mass is 9.92. The van der Waals surface area contributed by atoms with Crippen molar-refractivity contribution in [2.75, 3.05) is 11.6 Å². The van der Waals surface area contributed by atoms with Crippen LogP contribution in [0.15, 0.2) is 29.2 Å². The van der Waals surface area contributed by atoms with Crippen LogP contribution in [-0.2, 0) is 0 Å². The van der Waals surface area contributed by atoms with E-state index in [4.69, 9.17) is 0 Å². The Kier molecular flexibility index (Phi) is 3.48. The molecule has 88 valence electrons. The van der Waals surface area contributed by atoms with Gasteiger partial charge in [0.1, 0.15) is 0 Å². The molecule has 0 aromatic heterocycles. The van der Waals surface area contributed by atoms with E-state index in [1.54, 1.807) is 11.8 Å². The molecule has 0 saturated heterocycles. The SMILES string of the molecule is CSc1cccc(NC2CCC(C)(C)C2)c1. The minimum atomic E-state index is 0.523. The van der Waals surface area contributed by atoms with Crippen molar-refractivity contribution in [3.05, 3.63) is 24.3 Å². The van der Waals surface area contributed by atoms with Gasteiger partial charge < -0.3 is 5.32 Å². The minimum Gasteiger partial charge on any atom is -0.382 e. The van der Waals surface area contributed by atoms with E-state index in [1.807, 2.05) is 0 Å². The van der Waals surface area contributed by atoms with Crippen molar-refractivity contribution in [1.82, 2.24) is 0 Å². The third kappa shape index (κ3) is 2.94. The van der Waals surface area contributed by atoms with Crippen LogP contribution < -0.4 is 5.32 Å². The summed E-state index contributed by atoms with van der Waals surface area (Å²) >= 11 is 1.80. The van der Waals surface area contributed by atoms with Gasteiger partial charge in [0.15, 0.2) is 0 Å². The summed E-state index contributed by atoms with van der Waals surface area (Å²) in [6, 6.07) is 9.37. The molecule has 2 rings (SSSR count). The predicted octanol–water partition coefficient (Wildman–Crippen LogP) is 4.40. The van der Waals surface area contributed by atoms with Gasteiger partial charge in [-0.3, -0.25) is 0 Å². The van der Waals surface area contributed by atoms with Crippen LogP contribution in [0, 0.1) is 5.41 Å². The fourth-order valence-electron chi connectivity index (χ4n) is 2.51. The molecule has 0 spiro atoms. The van der Waals surface area contributed by atoms with Gasteiger partial charge in [0.2, 0.25) is 0 Å². The summed E-state index contributed by atoms with van der Waals surface area (Å²) in [7, 11) is 0. The lowest BCUT2D eigenvalue weighted by Crippen LogP contribution is -2.17. The molecule has 0 amide bonds. The number of anilines is 1. The van der Waals surface area contributed by atoms with Crippen molar-refractivity contribution >= 4 is 17.4 Å². The summed E-state index contributed by atoms with van der Waals surface area (Å²) < 4.78 is 0. The van der Waals surface area contributed by atoms with Gasteiger partial charge in [-0.15, -0.1) is 11.8 Å². The highest BCUT2D eigenvalue weighted by Gasteiger charge is 2.30. The fraction of sp³-hybridized carbons (Fsp3) is 0.571. The van der Waals surface area contributed by atoms with E-state index >= 15 is 0 Å². The zero-order valence-corrected chi connectivity index (χ0v) is 11.2. The van der Waals surface area contributed by atoms with E-state index in [9.17, 15) is 0 Å². The van der Waals surface area contributed by atoms with Crippen LogP contribution in [0.5, 0.6) is 0 Å². The summed E-state index contributed by atoms with van der Waals surface area (Å²) in [5.74, 6) is 0. The number of hydrogen-bond acceptors (Lipinski definition) is 2. The highest BCUT2D eigenvalue weighted by atomic mass is 32.2. The average Bonchev–Trinajstić information content (AvgIpc) is 2.58. The predicted molar refractivity (Wildman–Crippen MR) is 73.3 cm³/mol. The number of rotatable bonds is 3.